The number of aryl methyl sites for hydroxylation is 1. The third-order valence-electron chi connectivity index (χ3n) is 3.20. The van der Waals surface area contributed by atoms with Gasteiger partial charge in [0.15, 0.2) is 0 Å². The van der Waals surface area contributed by atoms with Gasteiger partial charge in [0.2, 0.25) is 5.91 Å². The largest absolute Gasteiger partial charge is 0.356 e. The molecule has 2 rings (SSSR count). The molecule has 0 saturated heterocycles. The molecule has 0 atom stereocenters. The summed E-state index contributed by atoms with van der Waals surface area (Å²) in [6.45, 7) is 0.505. The summed E-state index contributed by atoms with van der Waals surface area (Å²) in [5.74, 6) is -0.274. The summed E-state index contributed by atoms with van der Waals surface area (Å²) in [4.78, 5) is 11.8. The van der Waals surface area contributed by atoms with E-state index in [0.29, 0.717) is 30.8 Å². The molecular weight excluding hydrogens is 289 g/mol. The third kappa shape index (κ3) is 5.20. The number of hydrogen-bond donors (Lipinski definition) is 1. The second-order valence-electron chi connectivity index (χ2n) is 4.82. The Hall–Kier alpha value is -1.87. The number of carbonyl (C=O) groups excluding carboxylic acids is 1. The van der Waals surface area contributed by atoms with Crippen LogP contribution in [0.3, 0.4) is 0 Å². The normalized spacial score (nSPS) is 10.4. The van der Waals surface area contributed by atoms with Crippen molar-refractivity contribution in [3.63, 3.8) is 0 Å². The molecule has 0 bridgehead atoms. The van der Waals surface area contributed by atoms with Crippen molar-refractivity contribution in [2.75, 3.05) is 6.54 Å². The highest BCUT2D eigenvalue weighted by molar-refractivity contribution is 6.31. The first-order valence-electron chi connectivity index (χ1n) is 6.90. The van der Waals surface area contributed by atoms with Crippen LogP contribution >= 0.6 is 11.6 Å². The fraction of sp³-hybridized carbons (Fsp3) is 0.235. The molecule has 0 fully saturated rings. The van der Waals surface area contributed by atoms with E-state index in [1.807, 2.05) is 30.3 Å². The Morgan fingerprint density at radius 1 is 1.10 bits per heavy atom. The van der Waals surface area contributed by atoms with Crippen LogP contribution in [0.2, 0.25) is 5.02 Å². The van der Waals surface area contributed by atoms with E-state index in [-0.39, 0.29) is 11.7 Å². The number of amides is 1. The fourth-order valence-electron chi connectivity index (χ4n) is 2.08. The second kappa shape index (κ2) is 7.79. The third-order valence-corrected chi connectivity index (χ3v) is 3.57. The van der Waals surface area contributed by atoms with Crippen LogP contribution in [0.15, 0.2) is 48.5 Å². The van der Waals surface area contributed by atoms with Crippen LogP contribution in [-0.2, 0) is 17.6 Å². The van der Waals surface area contributed by atoms with Crippen LogP contribution in [-0.4, -0.2) is 12.5 Å². The fourth-order valence-corrected chi connectivity index (χ4v) is 2.31. The first-order chi connectivity index (χ1) is 10.1. The minimum Gasteiger partial charge on any atom is -0.356 e. The van der Waals surface area contributed by atoms with Gasteiger partial charge in [0.05, 0.1) is 0 Å². The number of carbonyl (C=O) groups is 1. The van der Waals surface area contributed by atoms with Crippen molar-refractivity contribution < 1.29 is 9.18 Å². The van der Waals surface area contributed by atoms with E-state index >= 15 is 0 Å². The van der Waals surface area contributed by atoms with Crippen molar-refractivity contribution in [3.8, 4) is 0 Å². The molecule has 110 valence electrons. The zero-order valence-electron chi connectivity index (χ0n) is 11.6. The molecule has 21 heavy (non-hydrogen) atoms. The molecule has 0 saturated carbocycles. The molecule has 0 aromatic heterocycles. The van der Waals surface area contributed by atoms with E-state index in [1.54, 1.807) is 6.07 Å². The van der Waals surface area contributed by atoms with Gasteiger partial charge in [-0.1, -0.05) is 41.9 Å². The van der Waals surface area contributed by atoms with Crippen molar-refractivity contribution in [2.24, 2.45) is 0 Å². The zero-order chi connectivity index (χ0) is 15.1. The van der Waals surface area contributed by atoms with Gasteiger partial charge in [0.25, 0.3) is 0 Å². The highest BCUT2D eigenvalue weighted by atomic mass is 35.5. The molecule has 0 spiro atoms. The van der Waals surface area contributed by atoms with Gasteiger partial charge in [-0.3, -0.25) is 4.79 Å². The highest BCUT2D eigenvalue weighted by Gasteiger charge is 2.04. The van der Waals surface area contributed by atoms with Crippen LogP contribution in [0.25, 0.3) is 0 Å². The van der Waals surface area contributed by atoms with Gasteiger partial charge in [0.1, 0.15) is 5.82 Å². The first-order valence-corrected chi connectivity index (χ1v) is 7.27. The number of halogens is 2. The smallest absolute Gasteiger partial charge is 0.220 e. The van der Waals surface area contributed by atoms with E-state index < -0.39 is 0 Å². The van der Waals surface area contributed by atoms with E-state index in [0.717, 1.165) is 11.1 Å². The monoisotopic (exact) mass is 305 g/mol. The standard InChI is InChI=1S/C17H17ClFNO/c18-16-7-2-1-5-14(16)8-9-17(21)20-11-10-13-4-3-6-15(19)12-13/h1-7,12H,8-11H2,(H,20,21). The van der Waals surface area contributed by atoms with Gasteiger partial charge in [0, 0.05) is 18.0 Å². The van der Waals surface area contributed by atoms with Crippen molar-refractivity contribution >= 4 is 17.5 Å². The molecule has 0 aliphatic heterocycles. The lowest BCUT2D eigenvalue weighted by atomic mass is 10.1. The van der Waals surface area contributed by atoms with Gasteiger partial charge in [-0.15, -0.1) is 0 Å². The Bertz CT molecular complexity index is 615. The topological polar surface area (TPSA) is 29.1 Å². The Balaban J connectivity index is 1.72. The summed E-state index contributed by atoms with van der Waals surface area (Å²) in [5, 5.41) is 3.52. The van der Waals surface area contributed by atoms with Gasteiger partial charge in [-0.2, -0.15) is 0 Å². The molecule has 2 aromatic rings. The van der Waals surface area contributed by atoms with Gasteiger partial charge < -0.3 is 5.32 Å². The summed E-state index contributed by atoms with van der Waals surface area (Å²) < 4.78 is 13.0. The molecule has 1 amide bonds. The predicted octanol–water partition coefficient (Wildman–Crippen LogP) is 3.77. The quantitative estimate of drug-likeness (QED) is 0.865. The maximum absolute atomic E-state index is 13.0. The maximum Gasteiger partial charge on any atom is 0.220 e. The SMILES string of the molecule is O=C(CCc1ccccc1Cl)NCCc1cccc(F)c1. The van der Waals surface area contributed by atoms with Crippen molar-refractivity contribution in [1.82, 2.24) is 5.32 Å². The molecule has 1 N–H and O–H groups in total. The predicted molar refractivity (Wildman–Crippen MR) is 82.9 cm³/mol. The molecule has 0 heterocycles. The van der Waals surface area contributed by atoms with Crippen LogP contribution < -0.4 is 5.32 Å². The van der Waals surface area contributed by atoms with Crippen molar-refractivity contribution in [2.45, 2.75) is 19.3 Å². The summed E-state index contributed by atoms with van der Waals surface area (Å²) in [6, 6.07) is 13.9. The van der Waals surface area contributed by atoms with Crippen LogP contribution in [0.5, 0.6) is 0 Å². The lowest BCUT2D eigenvalue weighted by Crippen LogP contribution is -2.25. The summed E-state index contributed by atoms with van der Waals surface area (Å²) >= 11 is 6.04. The molecule has 0 aliphatic carbocycles. The molecule has 0 radical (unpaired) electrons. The Morgan fingerprint density at radius 2 is 1.90 bits per heavy atom. The van der Waals surface area contributed by atoms with Crippen LogP contribution in [0.4, 0.5) is 4.39 Å². The number of hydrogen-bond acceptors (Lipinski definition) is 1. The lowest BCUT2D eigenvalue weighted by molar-refractivity contribution is -0.121. The first kappa shape index (κ1) is 15.5. The summed E-state index contributed by atoms with van der Waals surface area (Å²) in [6.07, 6.45) is 1.63. The Morgan fingerprint density at radius 3 is 2.67 bits per heavy atom. The van der Waals surface area contributed by atoms with E-state index in [9.17, 15) is 9.18 Å². The number of nitrogens with one attached hydrogen (secondary N) is 1. The minimum absolute atomic E-state index is 0.0219. The Labute approximate surface area is 128 Å². The van der Waals surface area contributed by atoms with E-state index in [4.69, 9.17) is 11.6 Å². The van der Waals surface area contributed by atoms with E-state index in [2.05, 4.69) is 5.32 Å². The van der Waals surface area contributed by atoms with Gasteiger partial charge in [-0.25, -0.2) is 4.39 Å². The van der Waals surface area contributed by atoms with Crippen LogP contribution in [0.1, 0.15) is 17.5 Å². The Kier molecular flexibility index (Phi) is 5.76. The van der Waals surface area contributed by atoms with Crippen molar-refractivity contribution in [1.29, 1.82) is 0 Å². The molecule has 0 unspecified atom stereocenters. The molecule has 2 aromatic carbocycles. The summed E-state index contributed by atoms with van der Waals surface area (Å²) in [5.41, 5.74) is 1.85. The molecule has 4 heteroatoms. The average molecular weight is 306 g/mol. The number of rotatable bonds is 6. The molecule has 2 nitrogen and oxygen atoms in total. The maximum atomic E-state index is 13.0. The van der Waals surface area contributed by atoms with Crippen LogP contribution in [0, 0.1) is 5.82 Å². The highest BCUT2D eigenvalue weighted by Crippen LogP contribution is 2.16. The minimum atomic E-state index is -0.252. The second-order valence-corrected chi connectivity index (χ2v) is 5.23. The van der Waals surface area contributed by atoms with E-state index in [1.165, 1.54) is 12.1 Å². The molecule has 0 aliphatic rings. The van der Waals surface area contributed by atoms with Gasteiger partial charge in [-0.05, 0) is 42.2 Å². The van der Waals surface area contributed by atoms with Crippen molar-refractivity contribution in [3.05, 3.63) is 70.5 Å². The lowest BCUT2D eigenvalue weighted by Gasteiger charge is -2.06. The average Bonchev–Trinajstić information content (AvgIpc) is 2.46. The van der Waals surface area contributed by atoms with Gasteiger partial charge >= 0.3 is 0 Å². The zero-order valence-corrected chi connectivity index (χ0v) is 12.4. The number of benzene rings is 2. The summed E-state index contributed by atoms with van der Waals surface area (Å²) in [7, 11) is 0. The molecular formula is C17H17ClFNO.